The molecule has 1 amide bonds. The summed E-state index contributed by atoms with van der Waals surface area (Å²) in [6, 6.07) is 2.77. The Balaban J connectivity index is 2.16. The molecule has 1 saturated heterocycles. The van der Waals surface area contributed by atoms with Gasteiger partial charge in [0, 0.05) is 12.6 Å². The number of hydrogen-bond acceptors (Lipinski definition) is 2. The van der Waals surface area contributed by atoms with Gasteiger partial charge in [-0.25, -0.2) is 0 Å². The minimum Gasteiger partial charge on any atom is -0.338 e. The van der Waals surface area contributed by atoms with Crippen LogP contribution in [-0.4, -0.2) is 23.4 Å². The van der Waals surface area contributed by atoms with Crippen molar-refractivity contribution in [2.75, 3.05) is 6.54 Å². The quantitative estimate of drug-likeness (QED) is 0.704. The molecule has 0 aromatic carbocycles. The summed E-state index contributed by atoms with van der Waals surface area (Å²) in [5, 5.41) is 9.56. The minimum absolute atomic E-state index is 0.135. The molecule has 1 unspecified atom stereocenters. The van der Waals surface area contributed by atoms with Crippen molar-refractivity contribution >= 4 is 5.91 Å². The fourth-order valence-corrected chi connectivity index (χ4v) is 3.51. The standard InChI is InChI=1S/C15H24N2O/c1-2-13-8-7-11-17(13)14(18)15(12-16)9-5-3-4-6-10-15/h13H,2-11H2,1H3. The maximum absolute atomic E-state index is 12.8. The van der Waals surface area contributed by atoms with Gasteiger partial charge in [-0.1, -0.05) is 32.6 Å². The van der Waals surface area contributed by atoms with Gasteiger partial charge >= 0.3 is 0 Å². The van der Waals surface area contributed by atoms with E-state index < -0.39 is 5.41 Å². The van der Waals surface area contributed by atoms with Gasteiger partial charge in [-0.15, -0.1) is 0 Å². The van der Waals surface area contributed by atoms with Gasteiger partial charge in [0.05, 0.1) is 6.07 Å². The lowest BCUT2D eigenvalue weighted by atomic mass is 9.80. The van der Waals surface area contributed by atoms with Crippen LogP contribution in [0.5, 0.6) is 0 Å². The Hall–Kier alpha value is -1.04. The first-order chi connectivity index (χ1) is 8.73. The van der Waals surface area contributed by atoms with E-state index in [2.05, 4.69) is 13.0 Å². The van der Waals surface area contributed by atoms with Gasteiger partial charge in [0.1, 0.15) is 5.41 Å². The summed E-state index contributed by atoms with van der Waals surface area (Å²) >= 11 is 0. The largest absolute Gasteiger partial charge is 0.338 e. The van der Waals surface area contributed by atoms with E-state index in [4.69, 9.17) is 0 Å². The molecule has 2 rings (SSSR count). The molecular formula is C15H24N2O. The van der Waals surface area contributed by atoms with E-state index in [0.717, 1.165) is 51.5 Å². The number of hydrogen-bond donors (Lipinski definition) is 0. The van der Waals surface area contributed by atoms with Crippen molar-refractivity contribution in [3.8, 4) is 6.07 Å². The van der Waals surface area contributed by atoms with Crippen molar-refractivity contribution in [1.29, 1.82) is 5.26 Å². The van der Waals surface area contributed by atoms with E-state index in [1.165, 1.54) is 12.8 Å². The summed E-state index contributed by atoms with van der Waals surface area (Å²) in [4.78, 5) is 14.8. The third-order valence-electron chi connectivity index (χ3n) is 4.69. The van der Waals surface area contributed by atoms with Crippen molar-refractivity contribution in [1.82, 2.24) is 4.90 Å². The van der Waals surface area contributed by atoms with Gasteiger partial charge in [-0.3, -0.25) is 4.79 Å². The normalized spacial score (nSPS) is 27.6. The van der Waals surface area contributed by atoms with Crippen LogP contribution in [-0.2, 0) is 4.79 Å². The van der Waals surface area contributed by atoms with Crippen LogP contribution in [0.4, 0.5) is 0 Å². The van der Waals surface area contributed by atoms with Crippen molar-refractivity contribution < 1.29 is 4.79 Å². The third kappa shape index (κ3) is 2.39. The molecule has 0 radical (unpaired) electrons. The van der Waals surface area contributed by atoms with Crippen LogP contribution >= 0.6 is 0 Å². The molecule has 1 atom stereocenters. The van der Waals surface area contributed by atoms with Gasteiger partial charge in [-0.2, -0.15) is 5.26 Å². The summed E-state index contributed by atoms with van der Waals surface area (Å²) in [6.45, 7) is 3.00. The van der Waals surface area contributed by atoms with Crippen molar-refractivity contribution in [2.24, 2.45) is 5.41 Å². The maximum Gasteiger partial charge on any atom is 0.243 e. The van der Waals surface area contributed by atoms with Crippen LogP contribution < -0.4 is 0 Å². The summed E-state index contributed by atoms with van der Waals surface area (Å²) in [5.74, 6) is 0.135. The van der Waals surface area contributed by atoms with Crippen LogP contribution in [0.2, 0.25) is 0 Å². The molecule has 0 bridgehead atoms. The van der Waals surface area contributed by atoms with Gasteiger partial charge in [0.15, 0.2) is 0 Å². The number of nitriles is 1. The average Bonchev–Trinajstić information content (AvgIpc) is 2.74. The Morgan fingerprint density at radius 2 is 1.94 bits per heavy atom. The van der Waals surface area contributed by atoms with Crippen molar-refractivity contribution in [2.45, 2.75) is 70.8 Å². The van der Waals surface area contributed by atoms with Gasteiger partial charge in [-0.05, 0) is 32.1 Å². The van der Waals surface area contributed by atoms with E-state index >= 15 is 0 Å². The fourth-order valence-electron chi connectivity index (χ4n) is 3.51. The molecule has 100 valence electrons. The van der Waals surface area contributed by atoms with Gasteiger partial charge in [0.25, 0.3) is 0 Å². The zero-order valence-electron chi connectivity index (χ0n) is 11.5. The smallest absolute Gasteiger partial charge is 0.243 e. The number of carbonyl (C=O) groups excluding carboxylic acids is 1. The second-order valence-corrected chi connectivity index (χ2v) is 5.81. The Bertz CT molecular complexity index is 337. The lowest BCUT2D eigenvalue weighted by Gasteiger charge is -2.32. The highest BCUT2D eigenvalue weighted by atomic mass is 16.2. The number of amides is 1. The topological polar surface area (TPSA) is 44.1 Å². The van der Waals surface area contributed by atoms with Crippen LogP contribution in [0, 0.1) is 16.7 Å². The molecule has 1 aliphatic heterocycles. The summed E-state index contributed by atoms with van der Waals surface area (Å²) in [5.41, 5.74) is -0.700. The Kier molecular flexibility index (Phi) is 4.27. The van der Waals surface area contributed by atoms with E-state index in [9.17, 15) is 10.1 Å². The van der Waals surface area contributed by atoms with Crippen molar-refractivity contribution in [3.05, 3.63) is 0 Å². The third-order valence-corrected chi connectivity index (χ3v) is 4.69. The molecule has 1 saturated carbocycles. The number of nitrogens with zero attached hydrogens (tertiary/aromatic N) is 2. The molecular weight excluding hydrogens is 224 g/mol. The van der Waals surface area contributed by atoms with Gasteiger partial charge in [0.2, 0.25) is 5.91 Å². The molecule has 2 aliphatic rings. The first-order valence-electron chi connectivity index (χ1n) is 7.46. The lowest BCUT2D eigenvalue weighted by molar-refractivity contribution is -0.140. The van der Waals surface area contributed by atoms with E-state index in [1.807, 2.05) is 4.90 Å². The van der Waals surface area contributed by atoms with Crippen molar-refractivity contribution in [3.63, 3.8) is 0 Å². The second kappa shape index (κ2) is 5.73. The molecule has 0 aromatic rings. The van der Waals surface area contributed by atoms with Crippen LogP contribution in [0.1, 0.15) is 64.7 Å². The highest BCUT2D eigenvalue weighted by Crippen LogP contribution is 2.38. The van der Waals surface area contributed by atoms with E-state index in [1.54, 1.807) is 0 Å². The lowest BCUT2D eigenvalue weighted by Crippen LogP contribution is -2.45. The first kappa shape index (κ1) is 13.4. The molecule has 18 heavy (non-hydrogen) atoms. The van der Waals surface area contributed by atoms with Crippen LogP contribution in [0.15, 0.2) is 0 Å². The van der Waals surface area contributed by atoms with E-state index in [0.29, 0.717) is 6.04 Å². The zero-order chi connectivity index (χ0) is 13.0. The predicted octanol–water partition coefficient (Wildman–Crippen LogP) is 3.25. The number of carbonyl (C=O) groups is 1. The average molecular weight is 248 g/mol. The second-order valence-electron chi connectivity index (χ2n) is 5.81. The molecule has 0 N–H and O–H groups in total. The molecule has 3 heteroatoms. The molecule has 0 aromatic heterocycles. The molecule has 0 spiro atoms. The number of rotatable bonds is 2. The molecule has 3 nitrogen and oxygen atoms in total. The Morgan fingerprint density at radius 1 is 1.28 bits per heavy atom. The summed E-state index contributed by atoms with van der Waals surface area (Å²) in [7, 11) is 0. The molecule has 1 heterocycles. The Labute approximate surface area is 110 Å². The highest BCUT2D eigenvalue weighted by Gasteiger charge is 2.44. The predicted molar refractivity (Wildman–Crippen MR) is 70.8 cm³/mol. The van der Waals surface area contributed by atoms with Crippen LogP contribution in [0.3, 0.4) is 0 Å². The molecule has 1 aliphatic carbocycles. The molecule has 2 fully saturated rings. The summed E-state index contributed by atoms with van der Waals surface area (Å²) in [6.07, 6.45) is 9.20. The summed E-state index contributed by atoms with van der Waals surface area (Å²) < 4.78 is 0. The van der Waals surface area contributed by atoms with E-state index in [-0.39, 0.29) is 5.91 Å². The highest BCUT2D eigenvalue weighted by molar-refractivity contribution is 5.86. The number of likely N-dealkylation sites (tertiary alicyclic amines) is 1. The fraction of sp³-hybridized carbons (Fsp3) is 0.867. The minimum atomic E-state index is -0.700. The SMILES string of the molecule is CCC1CCCN1C(=O)C1(C#N)CCCCCC1. The zero-order valence-corrected chi connectivity index (χ0v) is 11.5. The first-order valence-corrected chi connectivity index (χ1v) is 7.46. The van der Waals surface area contributed by atoms with Crippen LogP contribution in [0.25, 0.3) is 0 Å². The monoisotopic (exact) mass is 248 g/mol. The van der Waals surface area contributed by atoms with Gasteiger partial charge < -0.3 is 4.90 Å². The maximum atomic E-state index is 12.8. The Morgan fingerprint density at radius 3 is 2.50 bits per heavy atom.